The fraction of sp³-hybridized carbons (Fsp3) is 0.556. The van der Waals surface area contributed by atoms with Gasteiger partial charge in [-0.15, -0.1) is 5.10 Å². The Kier molecular flexibility index (Phi) is 5.11. The van der Waals surface area contributed by atoms with Gasteiger partial charge in [-0.1, -0.05) is 17.3 Å². The van der Waals surface area contributed by atoms with Crippen LogP contribution in [-0.4, -0.2) is 56.6 Å². The van der Waals surface area contributed by atoms with Crippen LogP contribution < -0.4 is 5.32 Å². The highest BCUT2D eigenvalue weighted by atomic mass is 16.6. The fourth-order valence-electron chi connectivity index (χ4n) is 2.98. The van der Waals surface area contributed by atoms with Gasteiger partial charge in [0.1, 0.15) is 17.7 Å². The summed E-state index contributed by atoms with van der Waals surface area (Å²) in [6.45, 7) is 6.84. The average molecular weight is 359 g/mol. The van der Waals surface area contributed by atoms with Crippen molar-refractivity contribution < 1.29 is 14.3 Å². The topological polar surface area (TPSA) is 89.4 Å². The van der Waals surface area contributed by atoms with Gasteiger partial charge in [-0.05, 0) is 45.7 Å². The molecule has 1 N–H and O–H groups in total. The van der Waals surface area contributed by atoms with E-state index in [4.69, 9.17) is 4.74 Å². The Hall–Kier alpha value is -2.64. The van der Waals surface area contributed by atoms with Crippen molar-refractivity contribution in [2.75, 3.05) is 13.1 Å². The predicted octanol–water partition coefficient (Wildman–Crippen LogP) is 1.95. The van der Waals surface area contributed by atoms with Gasteiger partial charge in [0.25, 0.3) is 0 Å². The molecule has 2 amide bonds. The molecule has 2 heterocycles. The molecule has 8 heteroatoms. The first-order chi connectivity index (χ1) is 12.3. The van der Waals surface area contributed by atoms with Crippen molar-refractivity contribution in [1.82, 2.24) is 25.2 Å². The lowest BCUT2D eigenvalue weighted by Gasteiger charge is -2.33. The van der Waals surface area contributed by atoms with Crippen molar-refractivity contribution in [3.63, 3.8) is 0 Å². The third kappa shape index (κ3) is 4.50. The first-order valence-corrected chi connectivity index (χ1v) is 8.87. The summed E-state index contributed by atoms with van der Waals surface area (Å²) in [6.07, 6.45) is 1.13. The predicted molar refractivity (Wildman–Crippen MR) is 96.5 cm³/mol. The number of carbonyl (C=O) groups excluding carboxylic acids is 2. The van der Waals surface area contributed by atoms with Crippen LogP contribution in [0.25, 0.3) is 11.0 Å². The van der Waals surface area contributed by atoms with E-state index in [1.165, 1.54) is 0 Å². The van der Waals surface area contributed by atoms with E-state index in [0.717, 1.165) is 11.0 Å². The van der Waals surface area contributed by atoms with Crippen LogP contribution in [0.1, 0.15) is 33.6 Å². The number of fused-ring (bicyclic) bond motifs is 1. The molecule has 1 aromatic carbocycles. The van der Waals surface area contributed by atoms with Gasteiger partial charge in [-0.25, -0.2) is 9.48 Å². The highest BCUT2D eigenvalue weighted by Gasteiger charge is 2.27. The molecule has 0 unspecified atom stereocenters. The maximum absolute atomic E-state index is 12.3. The second kappa shape index (κ2) is 7.31. The molecule has 1 aliphatic heterocycles. The van der Waals surface area contributed by atoms with Crippen LogP contribution in [0.4, 0.5) is 4.79 Å². The van der Waals surface area contributed by atoms with Crippen molar-refractivity contribution >= 4 is 23.0 Å². The van der Waals surface area contributed by atoms with E-state index in [1.807, 2.05) is 45.0 Å². The number of hydrogen-bond acceptors (Lipinski definition) is 5. The molecule has 0 atom stereocenters. The van der Waals surface area contributed by atoms with E-state index in [2.05, 4.69) is 15.6 Å². The number of para-hydroxylation sites is 1. The molecule has 0 radical (unpaired) electrons. The van der Waals surface area contributed by atoms with Crippen molar-refractivity contribution in [3.8, 4) is 0 Å². The summed E-state index contributed by atoms with van der Waals surface area (Å²) in [5, 5.41) is 11.1. The van der Waals surface area contributed by atoms with Gasteiger partial charge < -0.3 is 15.0 Å². The number of nitrogens with zero attached hydrogens (tertiary/aromatic N) is 4. The summed E-state index contributed by atoms with van der Waals surface area (Å²) < 4.78 is 6.98. The van der Waals surface area contributed by atoms with Crippen LogP contribution in [-0.2, 0) is 16.1 Å². The van der Waals surface area contributed by atoms with E-state index in [0.29, 0.717) is 25.9 Å². The lowest BCUT2D eigenvalue weighted by atomic mass is 10.1. The molecule has 0 aliphatic carbocycles. The van der Waals surface area contributed by atoms with Crippen molar-refractivity contribution in [3.05, 3.63) is 24.3 Å². The minimum atomic E-state index is -0.497. The smallest absolute Gasteiger partial charge is 0.410 e. The second-order valence-electron chi connectivity index (χ2n) is 7.54. The highest BCUT2D eigenvalue weighted by Crippen LogP contribution is 2.16. The normalized spacial score (nSPS) is 15.9. The van der Waals surface area contributed by atoms with E-state index >= 15 is 0 Å². The molecule has 8 nitrogen and oxygen atoms in total. The number of benzene rings is 1. The molecular formula is C18H25N5O3. The number of hydrogen-bond donors (Lipinski definition) is 1. The Morgan fingerprint density at radius 2 is 1.92 bits per heavy atom. The summed E-state index contributed by atoms with van der Waals surface area (Å²) in [6, 6.07) is 7.59. The van der Waals surface area contributed by atoms with Crippen molar-refractivity contribution in [2.45, 2.75) is 51.8 Å². The zero-order chi connectivity index (χ0) is 18.7. The molecule has 1 saturated heterocycles. The quantitative estimate of drug-likeness (QED) is 0.905. The van der Waals surface area contributed by atoms with Gasteiger partial charge in [0, 0.05) is 19.1 Å². The minimum absolute atomic E-state index is 0.0518. The summed E-state index contributed by atoms with van der Waals surface area (Å²) in [5.74, 6) is -0.101. The van der Waals surface area contributed by atoms with Crippen LogP contribution in [0.3, 0.4) is 0 Å². The summed E-state index contributed by atoms with van der Waals surface area (Å²) in [5.41, 5.74) is 1.11. The maximum atomic E-state index is 12.3. The van der Waals surface area contributed by atoms with E-state index in [-0.39, 0.29) is 24.6 Å². The number of aromatic nitrogens is 3. The molecule has 2 aromatic rings. The molecule has 1 aromatic heterocycles. The van der Waals surface area contributed by atoms with Crippen molar-refractivity contribution in [2.24, 2.45) is 0 Å². The first kappa shape index (κ1) is 18.2. The largest absolute Gasteiger partial charge is 0.444 e. The Labute approximate surface area is 152 Å². The Balaban J connectivity index is 1.48. The Morgan fingerprint density at radius 1 is 1.23 bits per heavy atom. The Morgan fingerprint density at radius 3 is 2.62 bits per heavy atom. The van der Waals surface area contributed by atoms with Crippen LogP contribution in [0.5, 0.6) is 0 Å². The van der Waals surface area contributed by atoms with Crippen LogP contribution in [0.15, 0.2) is 24.3 Å². The summed E-state index contributed by atoms with van der Waals surface area (Å²) >= 11 is 0. The van der Waals surface area contributed by atoms with Crippen LogP contribution in [0, 0.1) is 0 Å². The molecule has 0 spiro atoms. The highest BCUT2D eigenvalue weighted by molar-refractivity contribution is 5.80. The minimum Gasteiger partial charge on any atom is -0.444 e. The average Bonchev–Trinajstić information content (AvgIpc) is 2.97. The molecule has 3 rings (SSSR count). The molecule has 26 heavy (non-hydrogen) atoms. The number of piperidine rings is 1. The van der Waals surface area contributed by atoms with Crippen LogP contribution >= 0.6 is 0 Å². The third-order valence-electron chi connectivity index (χ3n) is 4.23. The molecule has 0 saturated carbocycles. The third-order valence-corrected chi connectivity index (χ3v) is 4.23. The van der Waals surface area contributed by atoms with Gasteiger partial charge in [0.05, 0.1) is 5.52 Å². The van der Waals surface area contributed by atoms with Gasteiger partial charge in [0.2, 0.25) is 5.91 Å². The van der Waals surface area contributed by atoms with Crippen molar-refractivity contribution in [1.29, 1.82) is 0 Å². The molecule has 0 bridgehead atoms. The summed E-state index contributed by atoms with van der Waals surface area (Å²) in [4.78, 5) is 26.1. The van der Waals surface area contributed by atoms with Gasteiger partial charge in [0.15, 0.2) is 0 Å². The SMILES string of the molecule is CC(C)(C)OC(=O)N1CCC(NC(=O)Cn2nnc3ccccc32)CC1. The Bertz CT molecular complexity index is 787. The lowest BCUT2D eigenvalue weighted by molar-refractivity contribution is -0.122. The number of carbonyl (C=O) groups is 2. The van der Waals surface area contributed by atoms with E-state index < -0.39 is 5.60 Å². The van der Waals surface area contributed by atoms with Crippen LogP contribution in [0.2, 0.25) is 0 Å². The lowest BCUT2D eigenvalue weighted by Crippen LogP contribution is -2.48. The van der Waals surface area contributed by atoms with E-state index in [9.17, 15) is 9.59 Å². The number of ether oxygens (including phenoxy) is 1. The van der Waals surface area contributed by atoms with E-state index in [1.54, 1.807) is 9.58 Å². The molecular weight excluding hydrogens is 334 g/mol. The van der Waals surface area contributed by atoms with Gasteiger partial charge in [-0.3, -0.25) is 4.79 Å². The zero-order valence-corrected chi connectivity index (χ0v) is 15.4. The number of amides is 2. The second-order valence-corrected chi connectivity index (χ2v) is 7.54. The summed E-state index contributed by atoms with van der Waals surface area (Å²) in [7, 11) is 0. The number of nitrogens with one attached hydrogen (secondary N) is 1. The molecule has 1 fully saturated rings. The van der Waals surface area contributed by atoms with Gasteiger partial charge in [-0.2, -0.15) is 0 Å². The zero-order valence-electron chi connectivity index (χ0n) is 15.4. The maximum Gasteiger partial charge on any atom is 0.410 e. The molecule has 1 aliphatic rings. The van der Waals surface area contributed by atoms with Gasteiger partial charge >= 0.3 is 6.09 Å². The monoisotopic (exact) mass is 359 g/mol. The number of rotatable bonds is 3. The first-order valence-electron chi connectivity index (χ1n) is 8.87. The molecule has 140 valence electrons. The standard InChI is InChI=1S/C18H25N5O3/c1-18(2,3)26-17(25)22-10-8-13(9-11-22)19-16(24)12-23-15-7-5-4-6-14(15)20-21-23/h4-7,13H,8-12H2,1-3H3,(H,19,24). The number of likely N-dealkylation sites (tertiary alicyclic amines) is 1. The fourth-order valence-corrected chi connectivity index (χ4v) is 2.98.